The van der Waals surface area contributed by atoms with Gasteiger partial charge in [-0.1, -0.05) is 0 Å². The number of nitrogens with two attached hydrogens (primary N) is 1. The Labute approximate surface area is 86.4 Å². The molecule has 0 bridgehead atoms. The molecule has 1 atom stereocenters. The van der Waals surface area contributed by atoms with Gasteiger partial charge in [-0.05, 0) is 27.7 Å². The highest BCUT2D eigenvalue weighted by atomic mass is 15.3. The molecule has 0 amide bonds. The predicted molar refractivity (Wildman–Crippen MR) is 58.8 cm³/mol. The van der Waals surface area contributed by atoms with Crippen LogP contribution in [0.2, 0.25) is 0 Å². The van der Waals surface area contributed by atoms with E-state index < -0.39 is 0 Å². The summed E-state index contributed by atoms with van der Waals surface area (Å²) in [6.07, 6.45) is 0.455. The molecule has 0 heterocycles. The Kier molecular flexibility index (Phi) is 4.42. The van der Waals surface area contributed by atoms with Crippen molar-refractivity contribution in [3.8, 4) is 6.07 Å². The summed E-state index contributed by atoms with van der Waals surface area (Å²) in [5.41, 5.74) is 5.63. The second kappa shape index (κ2) is 4.85. The third-order valence-electron chi connectivity index (χ3n) is 1.86. The number of nitrogens with zero attached hydrogens (tertiary/aromatic N) is 3. The molecular weight excluding hydrogens is 176 g/mol. The summed E-state index contributed by atoms with van der Waals surface area (Å²) in [4.78, 5) is 6.15. The van der Waals surface area contributed by atoms with Gasteiger partial charge in [-0.2, -0.15) is 5.26 Å². The number of guanidine groups is 1. The molecule has 2 N–H and O–H groups in total. The van der Waals surface area contributed by atoms with E-state index in [1.54, 1.807) is 0 Å². The number of aliphatic imine (C=N–C) groups is 1. The minimum Gasteiger partial charge on any atom is -0.370 e. The summed E-state index contributed by atoms with van der Waals surface area (Å²) in [5.74, 6) is 0.486. The molecule has 0 radical (unpaired) electrons. The van der Waals surface area contributed by atoms with Crippen LogP contribution in [0.3, 0.4) is 0 Å². The molecule has 0 aromatic carbocycles. The van der Waals surface area contributed by atoms with Gasteiger partial charge < -0.3 is 10.6 Å². The second-order valence-electron chi connectivity index (χ2n) is 4.46. The van der Waals surface area contributed by atoms with Gasteiger partial charge in [0.15, 0.2) is 5.96 Å². The van der Waals surface area contributed by atoms with Gasteiger partial charge in [0.05, 0.1) is 18.0 Å². The molecule has 0 saturated heterocycles. The molecular formula is C10H20N4. The Morgan fingerprint density at radius 2 is 2.07 bits per heavy atom. The van der Waals surface area contributed by atoms with E-state index in [2.05, 4.69) is 11.1 Å². The molecule has 0 spiro atoms. The third-order valence-corrected chi connectivity index (χ3v) is 1.86. The van der Waals surface area contributed by atoms with Crippen molar-refractivity contribution in [3.63, 3.8) is 0 Å². The summed E-state index contributed by atoms with van der Waals surface area (Å²) in [6.45, 7) is 7.92. The molecule has 1 unspecified atom stereocenters. The van der Waals surface area contributed by atoms with E-state index in [0.29, 0.717) is 12.4 Å². The summed E-state index contributed by atoms with van der Waals surface area (Å²) >= 11 is 0. The number of rotatable bonds is 2. The van der Waals surface area contributed by atoms with Crippen molar-refractivity contribution in [2.45, 2.75) is 45.7 Å². The lowest BCUT2D eigenvalue weighted by Gasteiger charge is -2.26. The maximum atomic E-state index is 8.54. The average Bonchev–Trinajstić information content (AvgIpc) is 2.00. The topological polar surface area (TPSA) is 65.4 Å². The molecule has 4 heteroatoms. The van der Waals surface area contributed by atoms with E-state index >= 15 is 0 Å². The van der Waals surface area contributed by atoms with E-state index in [0.717, 1.165) is 0 Å². The monoisotopic (exact) mass is 196 g/mol. The molecule has 80 valence electrons. The Bertz CT molecular complexity index is 244. The molecule has 0 aliphatic heterocycles. The number of nitriles is 1. The zero-order valence-electron chi connectivity index (χ0n) is 9.70. The van der Waals surface area contributed by atoms with Gasteiger partial charge in [0.1, 0.15) is 0 Å². The van der Waals surface area contributed by atoms with Crippen LogP contribution < -0.4 is 5.73 Å². The Morgan fingerprint density at radius 1 is 1.57 bits per heavy atom. The Morgan fingerprint density at radius 3 is 2.43 bits per heavy atom. The molecule has 0 fully saturated rings. The molecule has 0 rings (SSSR count). The fraction of sp³-hybridized carbons (Fsp3) is 0.800. The minimum atomic E-state index is -0.176. The van der Waals surface area contributed by atoms with Crippen LogP contribution >= 0.6 is 0 Å². The summed E-state index contributed by atoms with van der Waals surface area (Å²) in [7, 11) is 1.85. The van der Waals surface area contributed by atoms with Crippen LogP contribution in [0.5, 0.6) is 0 Å². The highest BCUT2D eigenvalue weighted by Gasteiger charge is 2.14. The summed E-state index contributed by atoms with van der Waals surface area (Å²) < 4.78 is 0. The van der Waals surface area contributed by atoms with Crippen molar-refractivity contribution in [2.75, 3.05) is 7.05 Å². The van der Waals surface area contributed by atoms with Gasteiger partial charge in [-0.15, -0.1) is 0 Å². The van der Waals surface area contributed by atoms with E-state index in [9.17, 15) is 0 Å². The number of hydrogen-bond donors (Lipinski definition) is 1. The first-order valence-electron chi connectivity index (χ1n) is 4.73. The predicted octanol–water partition coefficient (Wildman–Crippen LogP) is 1.33. The van der Waals surface area contributed by atoms with Gasteiger partial charge in [0.2, 0.25) is 0 Å². The van der Waals surface area contributed by atoms with Crippen molar-refractivity contribution in [1.82, 2.24) is 4.90 Å². The maximum absolute atomic E-state index is 8.54. The number of hydrogen-bond acceptors (Lipinski definition) is 2. The fourth-order valence-electron chi connectivity index (χ4n) is 0.917. The quantitative estimate of drug-likeness (QED) is 0.535. The van der Waals surface area contributed by atoms with Crippen molar-refractivity contribution in [2.24, 2.45) is 10.7 Å². The third kappa shape index (κ3) is 4.70. The van der Waals surface area contributed by atoms with Crippen LogP contribution in [0.1, 0.15) is 34.1 Å². The normalized spacial score (nSPS) is 14.7. The van der Waals surface area contributed by atoms with E-state index in [4.69, 9.17) is 11.0 Å². The Balaban J connectivity index is 4.47. The van der Waals surface area contributed by atoms with Crippen LogP contribution in [-0.2, 0) is 0 Å². The smallest absolute Gasteiger partial charge is 0.191 e. The lowest BCUT2D eigenvalue weighted by atomic mass is 10.1. The largest absolute Gasteiger partial charge is 0.370 e. The van der Waals surface area contributed by atoms with Crippen molar-refractivity contribution < 1.29 is 0 Å². The van der Waals surface area contributed by atoms with E-state index in [1.807, 2.05) is 39.6 Å². The zero-order chi connectivity index (χ0) is 11.4. The maximum Gasteiger partial charge on any atom is 0.191 e. The van der Waals surface area contributed by atoms with Gasteiger partial charge in [0, 0.05) is 13.1 Å². The van der Waals surface area contributed by atoms with E-state index in [1.165, 1.54) is 0 Å². The molecule has 0 saturated carbocycles. The van der Waals surface area contributed by atoms with Crippen LogP contribution in [0.4, 0.5) is 0 Å². The first-order chi connectivity index (χ1) is 6.28. The molecule has 0 aromatic heterocycles. The summed E-state index contributed by atoms with van der Waals surface area (Å²) in [6, 6.07) is 2.22. The summed E-state index contributed by atoms with van der Waals surface area (Å²) in [5, 5.41) is 8.54. The van der Waals surface area contributed by atoms with Crippen molar-refractivity contribution in [3.05, 3.63) is 0 Å². The second-order valence-corrected chi connectivity index (χ2v) is 4.46. The van der Waals surface area contributed by atoms with Crippen LogP contribution in [0.15, 0.2) is 4.99 Å². The van der Waals surface area contributed by atoms with Gasteiger partial charge >= 0.3 is 0 Å². The molecule has 4 nitrogen and oxygen atoms in total. The average molecular weight is 196 g/mol. The van der Waals surface area contributed by atoms with Crippen LogP contribution in [0.25, 0.3) is 0 Å². The lowest BCUT2D eigenvalue weighted by molar-refractivity contribution is 0.384. The SMILES string of the molecule is CC(CC#N)N(C)C(N)=NC(C)(C)C. The minimum absolute atomic E-state index is 0.103. The zero-order valence-corrected chi connectivity index (χ0v) is 9.70. The van der Waals surface area contributed by atoms with E-state index in [-0.39, 0.29) is 11.6 Å². The lowest BCUT2D eigenvalue weighted by Crippen LogP contribution is -2.41. The van der Waals surface area contributed by atoms with Crippen LogP contribution in [-0.4, -0.2) is 29.5 Å². The molecule has 0 aromatic rings. The van der Waals surface area contributed by atoms with Gasteiger partial charge in [-0.25, -0.2) is 4.99 Å². The molecule has 0 aliphatic rings. The molecule has 14 heavy (non-hydrogen) atoms. The van der Waals surface area contributed by atoms with Gasteiger partial charge in [0.25, 0.3) is 0 Å². The Hall–Kier alpha value is -1.24. The van der Waals surface area contributed by atoms with Gasteiger partial charge in [-0.3, -0.25) is 0 Å². The first-order valence-corrected chi connectivity index (χ1v) is 4.73. The first kappa shape index (κ1) is 12.8. The highest BCUT2D eigenvalue weighted by molar-refractivity contribution is 5.78. The fourth-order valence-corrected chi connectivity index (χ4v) is 0.917. The standard InChI is InChI=1S/C10H20N4/c1-8(6-7-11)14(5)9(12)13-10(2,3)4/h8H,6H2,1-5H3,(H2,12,13). The van der Waals surface area contributed by atoms with Crippen molar-refractivity contribution in [1.29, 1.82) is 5.26 Å². The highest BCUT2D eigenvalue weighted by Crippen LogP contribution is 2.08. The van der Waals surface area contributed by atoms with Crippen LogP contribution in [0, 0.1) is 11.3 Å². The van der Waals surface area contributed by atoms with Crippen molar-refractivity contribution >= 4 is 5.96 Å². The molecule has 0 aliphatic carbocycles.